The van der Waals surface area contributed by atoms with E-state index in [1.165, 1.54) is 0 Å². The smallest absolute Gasteiger partial charge is 0.407 e. The maximum Gasteiger partial charge on any atom is 0.407 e. The zero-order valence-electron chi connectivity index (χ0n) is 14.9. The fraction of sp³-hybridized carbons (Fsp3) is 0.350. The molecule has 1 amide bonds. The lowest BCUT2D eigenvalue weighted by atomic mass is 10.1. The van der Waals surface area contributed by atoms with Crippen molar-refractivity contribution in [2.75, 3.05) is 5.75 Å². The van der Waals surface area contributed by atoms with Gasteiger partial charge in [-0.05, 0) is 44.9 Å². The molecule has 134 valence electrons. The average molecular weight is 359 g/mol. The van der Waals surface area contributed by atoms with Crippen LogP contribution >= 0.6 is 0 Å². The van der Waals surface area contributed by atoms with Crippen LogP contribution in [0.25, 0.3) is 0 Å². The third-order valence-corrected chi connectivity index (χ3v) is 4.91. The summed E-state index contributed by atoms with van der Waals surface area (Å²) in [4.78, 5) is 12.9. The predicted octanol–water partition coefficient (Wildman–Crippen LogP) is 3.93. The summed E-state index contributed by atoms with van der Waals surface area (Å²) in [6.45, 7) is 5.46. The van der Waals surface area contributed by atoms with Gasteiger partial charge in [0, 0.05) is 16.7 Å². The molecule has 0 saturated heterocycles. The van der Waals surface area contributed by atoms with Crippen molar-refractivity contribution in [3.63, 3.8) is 0 Å². The molecule has 0 saturated carbocycles. The maximum absolute atomic E-state index is 12.6. The minimum atomic E-state index is -1.20. The number of hydrogen-bond acceptors (Lipinski definition) is 3. The molecular weight excluding hydrogens is 334 g/mol. The van der Waals surface area contributed by atoms with Crippen molar-refractivity contribution in [3.8, 4) is 0 Å². The standard InChI is InChI=1S/C20H25NO3S/c1-20(2,3)24-19(22)21-17(14-16-10-6-4-7-11-16)15-25(23)18-12-8-5-9-13-18/h4-13,17H,14-15H2,1-3H3,(H,21,22)/t17-,25?/m1/s1. The molecule has 0 aliphatic heterocycles. The largest absolute Gasteiger partial charge is 0.444 e. The summed E-state index contributed by atoms with van der Waals surface area (Å²) in [6, 6.07) is 18.8. The normalized spacial score (nSPS) is 13.7. The van der Waals surface area contributed by atoms with Crippen LogP contribution in [-0.2, 0) is 22.0 Å². The summed E-state index contributed by atoms with van der Waals surface area (Å²) in [5.74, 6) is 0.331. The summed E-state index contributed by atoms with van der Waals surface area (Å²) >= 11 is 0. The van der Waals surface area contributed by atoms with Gasteiger partial charge < -0.3 is 10.1 Å². The molecule has 1 N–H and O–H groups in total. The third-order valence-electron chi connectivity index (χ3n) is 3.40. The lowest BCUT2D eigenvalue weighted by Crippen LogP contribution is -2.43. The van der Waals surface area contributed by atoms with Gasteiger partial charge in [-0.25, -0.2) is 4.79 Å². The van der Waals surface area contributed by atoms with Crippen LogP contribution in [0.3, 0.4) is 0 Å². The van der Waals surface area contributed by atoms with Gasteiger partial charge >= 0.3 is 6.09 Å². The van der Waals surface area contributed by atoms with Gasteiger partial charge in [0.25, 0.3) is 0 Å². The number of alkyl carbamates (subject to hydrolysis) is 1. The molecule has 0 fully saturated rings. The van der Waals surface area contributed by atoms with E-state index < -0.39 is 22.5 Å². The number of hydrogen-bond donors (Lipinski definition) is 1. The summed E-state index contributed by atoms with van der Waals surface area (Å²) in [7, 11) is -1.20. The third kappa shape index (κ3) is 7.10. The van der Waals surface area contributed by atoms with Crippen molar-refractivity contribution in [3.05, 3.63) is 66.2 Å². The van der Waals surface area contributed by atoms with Gasteiger partial charge in [-0.1, -0.05) is 48.5 Å². The van der Waals surface area contributed by atoms with E-state index in [2.05, 4.69) is 5.32 Å². The van der Waals surface area contributed by atoms with E-state index >= 15 is 0 Å². The predicted molar refractivity (Wildman–Crippen MR) is 101 cm³/mol. The molecule has 0 radical (unpaired) electrons. The molecule has 2 rings (SSSR count). The molecule has 4 nitrogen and oxygen atoms in total. The van der Waals surface area contributed by atoms with Crippen LogP contribution in [0.5, 0.6) is 0 Å². The average Bonchev–Trinajstić information content (AvgIpc) is 2.54. The summed E-state index contributed by atoms with van der Waals surface area (Å²) < 4.78 is 18.0. The second-order valence-corrected chi connectivity index (χ2v) is 8.35. The van der Waals surface area contributed by atoms with E-state index in [0.29, 0.717) is 12.2 Å². The van der Waals surface area contributed by atoms with Gasteiger partial charge in [-0.15, -0.1) is 0 Å². The van der Waals surface area contributed by atoms with E-state index in [1.807, 2.05) is 81.4 Å². The Morgan fingerprint density at radius 3 is 2.16 bits per heavy atom. The Balaban J connectivity index is 2.08. The minimum absolute atomic E-state index is 0.279. The topological polar surface area (TPSA) is 55.4 Å². The molecule has 0 spiro atoms. The monoisotopic (exact) mass is 359 g/mol. The molecule has 0 bridgehead atoms. The second kappa shape index (κ2) is 8.81. The molecule has 2 aromatic carbocycles. The Kier molecular flexibility index (Phi) is 6.76. The van der Waals surface area contributed by atoms with E-state index in [4.69, 9.17) is 4.74 Å². The van der Waals surface area contributed by atoms with Gasteiger partial charge in [0.2, 0.25) is 0 Å². The van der Waals surface area contributed by atoms with Crippen LogP contribution in [0.1, 0.15) is 26.3 Å². The second-order valence-electron chi connectivity index (χ2n) is 6.86. The molecule has 2 atom stereocenters. The first-order valence-corrected chi connectivity index (χ1v) is 9.62. The van der Waals surface area contributed by atoms with Gasteiger partial charge in [0.05, 0.1) is 10.8 Å². The SMILES string of the molecule is CC(C)(C)OC(=O)N[C@H](Cc1ccccc1)CS(=O)c1ccccc1. The van der Waals surface area contributed by atoms with E-state index in [1.54, 1.807) is 0 Å². The van der Waals surface area contributed by atoms with Crippen LogP contribution in [0, 0.1) is 0 Å². The molecule has 1 unspecified atom stereocenters. The maximum atomic E-state index is 12.6. The lowest BCUT2D eigenvalue weighted by molar-refractivity contribution is 0.0509. The van der Waals surface area contributed by atoms with Crippen molar-refractivity contribution < 1.29 is 13.7 Å². The minimum Gasteiger partial charge on any atom is -0.444 e. The van der Waals surface area contributed by atoms with Crippen LogP contribution in [0.2, 0.25) is 0 Å². The summed E-state index contributed by atoms with van der Waals surface area (Å²) in [6.07, 6.45) is 0.108. The molecule has 0 aliphatic rings. The van der Waals surface area contributed by atoms with Crippen molar-refractivity contribution in [1.82, 2.24) is 5.32 Å². The number of carbonyl (C=O) groups excluding carboxylic acids is 1. The number of ether oxygens (including phenoxy) is 1. The number of benzene rings is 2. The van der Waals surface area contributed by atoms with Crippen molar-refractivity contribution in [2.45, 2.75) is 43.7 Å². The number of carbonyl (C=O) groups is 1. The molecular formula is C20H25NO3S. The number of nitrogens with one attached hydrogen (secondary N) is 1. The van der Waals surface area contributed by atoms with Gasteiger partial charge in [-0.3, -0.25) is 4.21 Å². The van der Waals surface area contributed by atoms with Crippen molar-refractivity contribution in [1.29, 1.82) is 0 Å². The van der Waals surface area contributed by atoms with E-state index in [0.717, 1.165) is 10.5 Å². The Bertz CT molecular complexity index is 696. The fourth-order valence-corrected chi connectivity index (χ4v) is 3.60. The van der Waals surface area contributed by atoms with E-state index in [-0.39, 0.29) is 6.04 Å². The summed E-state index contributed by atoms with van der Waals surface area (Å²) in [5.41, 5.74) is 0.508. The molecule has 0 heterocycles. The lowest BCUT2D eigenvalue weighted by Gasteiger charge is -2.23. The van der Waals surface area contributed by atoms with Gasteiger partial charge in [0.15, 0.2) is 0 Å². The van der Waals surface area contributed by atoms with Crippen LogP contribution in [0.4, 0.5) is 4.79 Å². The van der Waals surface area contributed by atoms with Crippen LogP contribution in [-0.4, -0.2) is 27.7 Å². The number of amides is 1. The van der Waals surface area contributed by atoms with Gasteiger partial charge in [0.1, 0.15) is 5.60 Å². The van der Waals surface area contributed by atoms with Crippen molar-refractivity contribution in [2.24, 2.45) is 0 Å². The first-order chi connectivity index (χ1) is 11.8. The molecule has 0 aromatic heterocycles. The summed E-state index contributed by atoms with van der Waals surface area (Å²) in [5, 5.41) is 2.87. The molecule has 0 aliphatic carbocycles. The van der Waals surface area contributed by atoms with E-state index in [9.17, 15) is 9.00 Å². The van der Waals surface area contributed by atoms with Crippen LogP contribution in [0.15, 0.2) is 65.6 Å². The Hall–Kier alpha value is -2.14. The highest BCUT2D eigenvalue weighted by atomic mass is 32.2. The molecule has 5 heteroatoms. The quantitative estimate of drug-likeness (QED) is 0.850. The first kappa shape index (κ1) is 19.2. The van der Waals surface area contributed by atoms with Gasteiger partial charge in [-0.2, -0.15) is 0 Å². The Labute approximate surface area is 152 Å². The highest BCUT2D eigenvalue weighted by Crippen LogP contribution is 2.12. The Morgan fingerprint density at radius 2 is 1.60 bits per heavy atom. The first-order valence-electron chi connectivity index (χ1n) is 8.30. The highest BCUT2D eigenvalue weighted by Gasteiger charge is 2.21. The van der Waals surface area contributed by atoms with Crippen molar-refractivity contribution >= 4 is 16.9 Å². The molecule has 25 heavy (non-hydrogen) atoms. The van der Waals surface area contributed by atoms with Crippen LogP contribution < -0.4 is 5.32 Å². The number of rotatable bonds is 6. The Morgan fingerprint density at radius 1 is 1.04 bits per heavy atom. The zero-order chi connectivity index (χ0) is 18.3. The molecule has 2 aromatic rings. The fourth-order valence-electron chi connectivity index (χ4n) is 2.38. The zero-order valence-corrected chi connectivity index (χ0v) is 15.7. The highest BCUT2D eigenvalue weighted by molar-refractivity contribution is 7.85.